The summed E-state index contributed by atoms with van der Waals surface area (Å²) in [5.41, 5.74) is 2.89. The van der Waals surface area contributed by atoms with Crippen LogP contribution in [0.25, 0.3) is 5.69 Å². The normalized spacial score (nSPS) is 15.5. The van der Waals surface area contributed by atoms with Gasteiger partial charge in [0.25, 0.3) is 0 Å². The second kappa shape index (κ2) is 10.5. The third kappa shape index (κ3) is 5.75. The van der Waals surface area contributed by atoms with Crippen LogP contribution in [0.5, 0.6) is 0 Å². The van der Waals surface area contributed by atoms with Crippen LogP contribution < -0.4 is 5.32 Å². The molecule has 0 spiro atoms. The average molecular weight is 408 g/mol. The molecule has 6 heteroatoms. The van der Waals surface area contributed by atoms with Crippen molar-refractivity contribution in [2.75, 3.05) is 39.3 Å². The summed E-state index contributed by atoms with van der Waals surface area (Å²) >= 11 is 0. The Labute approximate surface area is 178 Å². The zero-order valence-electron chi connectivity index (χ0n) is 17.4. The summed E-state index contributed by atoms with van der Waals surface area (Å²) in [7, 11) is 0. The molecule has 3 aromatic rings. The highest BCUT2D eigenvalue weighted by atomic mass is 19.1. The topological polar surface area (TPSA) is 36.3 Å². The predicted octanol–water partition coefficient (Wildman–Crippen LogP) is 3.31. The Hall–Kier alpha value is -2.54. The highest BCUT2D eigenvalue weighted by molar-refractivity contribution is 5.36. The molecule has 158 valence electrons. The van der Waals surface area contributed by atoms with Crippen LogP contribution in [-0.2, 0) is 13.1 Å². The van der Waals surface area contributed by atoms with Crippen molar-refractivity contribution in [3.63, 3.8) is 0 Å². The standard InChI is InChI=1S/C24H30FN5/c25-23-17-22(7-8-24(23)30-12-10-27-20-30)18-26-9-4-11-28-13-15-29(16-14-28)19-21-5-2-1-3-6-21/h1-3,5-8,10,12,17,20,26H,4,9,11,13-16,18-19H2. The Morgan fingerprint density at radius 1 is 0.933 bits per heavy atom. The predicted molar refractivity (Wildman–Crippen MR) is 118 cm³/mol. The molecule has 5 nitrogen and oxygen atoms in total. The van der Waals surface area contributed by atoms with Crippen molar-refractivity contribution < 1.29 is 4.39 Å². The summed E-state index contributed by atoms with van der Waals surface area (Å²) in [5.74, 6) is -0.222. The molecule has 0 radical (unpaired) electrons. The number of halogens is 1. The Morgan fingerprint density at radius 3 is 2.47 bits per heavy atom. The molecule has 2 heterocycles. The number of benzene rings is 2. The number of piperazine rings is 1. The Balaban J connectivity index is 1.11. The van der Waals surface area contributed by atoms with Crippen LogP contribution in [0, 0.1) is 5.82 Å². The molecule has 1 aliphatic heterocycles. The molecule has 1 N–H and O–H groups in total. The number of nitrogens with zero attached hydrogens (tertiary/aromatic N) is 4. The maximum absolute atomic E-state index is 14.3. The van der Waals surface area contributed by atoms with Gasteiger partial charge in [0, 0.05) is 51.7 Å². The van der Waals surface area contributed by atoms with E-state index in [4.69, 9.17) is 0 Å². The van der Waals surface area contributed by atoms with Crippen molar-refractivity contribution in [1.82, 2.24) is 24.7 Å². The fourth-order valence-corrected chi connectivity index (χ4v) is 3.94. The van der Waals surface area contributed by atoms with E-state index in [9.17, 15) is 4.39 Å². The van der Waals surface area contributed by atoms with E-state index in [2.05, 4.69) is 50.4 Å². The minimum Gasteiger partial charge on any atom is -0.313 e. The highest BCUT2D eigenvalue weighted by Crippen LogP contribution is 2.15. The minimum atomic E-state index is -0.222. The monoisotopic (exact) mass is 407 g/mol. The molecule has 1 aliphatic rings. The Morgan fingerprint density at radius 2 is 1.73 bits per heavy atom. The lowest BCUT2D eigenvalue weighted by atomic mass is 10.2. The molecule has 0 atom stereocenters. The number of rotatable bonds is 9. The molecule has 2 aromatic carbocycles. The first-order valence-corrected chi connectivity index (χ1v) is 10.7. The van der Waals surface area contributed by atoms with E-state index in [0.29, 0.717) is 12.2 Å². The van der Waals surface area contributed by atoms with E-state index in [-0.39, 0.29) is 5.82 Å². The summed E-state index contributed by atoms with van der Waals surface area (Å²) in [5, 5.41) is 3.44. The number of nitrogens with one attached hydrogen (secondary N) is 1. The van der Waals surface area contributed by atoms with E-state index in [0.717, 1.165) is 57.8 Å². The minimum absolute atomic E-state index is 0.222. The average Bonchev–Trinajstić information content (AvgIpc) is 3.30. The van der Waals surface area contributed by atoms with Gasteiger partial charge in [0.05, 0.1) is 12.0 Å². The molecule has 0 bridgehead atoms. The van der Waals surface area contributed by atoms with Crippen molar-refractivity contribution in [2.24, 2.45) is 0 Å². The van der Waals surface area contributed by atoms with Gasteiger partial charge in [0.2, 0.25) is 0 Å². The largest absolute Gasteiger partial charge is 0.313 e. The number of aromatic nitrogens is 2. The lowest BCUT2D eigenvalue weighted by Crippen LogP contribution is -2.46. The molecule has 0 saturated carbocycles. The molecular weight excluding hydrogens is 377 g/mol. The second-order valence-electron chi connectivity index (χ2n) is 7.89. The van der Waals surface area contributed by atoms with Crippen molar-refractivity contribution in [3.05, 3.63) is 84.2 Å². The third-order valence-corrected chi connectivity index (χ3v) is 5.67. The lowest BCUT2D eigenvalue weighted by molar-refractivity contribution is 0.126. The van der Waals surface area contributed by atoms with Gasteiger partial charge in [-0.15, -0.1) is 0 Å². The van der Waals surface area contributed by atoms with Gasteiger partial charge in [-0.25, -0.2) is 9.37 Å². The molecular formula is C24H30FN5. The number of hydrogen-bond acceptors (Lipinski definition) is 4. The van der Waals surface area contributed by atoms with Crippen LogP contribution in [0.1, 0.15) is 17.5 Å². The fourth-order valence-electron chi connectivity index (χ4n) is 3.94. The maximum Gasteiger partial charge on any atom is 0.147 e. The van der Waals surface area contributed by atoms with E-state index >= 15 is 0 Å². The van der Waals surface area contributed by atoms with E-state index in [1.807, 2.05) is 12.1 Å². The van der Waals surface area contributed by atoms with Crippen molar-refractivity contribution in [1.29, 1.82) is 0 Å². The zero-order chi connectivity index (χ0) is 20.6. The molecule has 1 fully saturated rings. The van der Waals surface area contributed by atoms with Crippen LogP contribution in [0.4, 0.5) is 4.39 Å². The van der Waals surface area contributed by atoms with Gasteiger partial charge in [-0.05, 0) is 42.8 Å². The van der Waals surface area contributed by atoms with E-state index < -0.39 is 0 Å². The first-order valence-electron chi connectivity index (χ1n) is 10.7. The first kappa shape index (κ1) is 20.7. The second-order valence-corrected chi connectivity index (χ2v) is 7.89. The first-order chi connectivity index (χ1) is 14.8. The van der Waals surface area contributed by atoms with E-state index in [1.165, 1.54) is 5.56 Å². The summed E-state index contributed by atoms with van der Waals surface area (Å²) < 4.78 is 16.0. The van der Waals surface area contributed by atoms with Crippen LogP contribution >= 0.6 is 0 Å². The van der Waals surface area contributed by atoms with E-state index in [1.54, 1.807) is 29.4 Å². The summed E-state index contributed by atoms with van der Waals surface area (Å²) in [6.45, 7) is 8.31. The van der Waals surface area contributed by atoms with Gasteiger partial charge in [0.15, 0.2) is 0 Å². The maximum atomic E-state index is 14.3. The molecule has 1 saturated heterocycles. The summed E-state index contributed by atoms with van der Waals surface area (Å²) in [4.78, 5) is 9.05. The fraction of sp³-hybridized carbons (Fsp3) is 0.375. The highest BCUT2D eigenvalue weighted by Gasteiger charge is 2.16. The number of hydrogen-bond donors (Lipinski definition) is 1. The molecule has 0 amide bonds. The SMILES string of the molecule is Fc1cc(CNCCCN2CCN(Cc3ccccc3)CC2)ccc1-n1ccnc1. The lowest BCUT2D eigenvalue weighted by Gasteiger charge is -2.34. The summed E-state index contributed by atoms with van der Waals surface area (Å²) in [6, 6.07) is 16.1. The molecule has 0 aliphatic carbocycles. The summed E-state index contributed by atoms with van der Waals surface area (Å²) in [6.07, 6.45) is 6.11. The van der Waals surface area contributed by atoms with Gasteiger partial charge in [0.1, 0.15) is 5.82 Å². The van der Waals surface area contributed by atoms with Gasteiger partial charge in [-0.3, -0.25) is 4.90 Å². The van der Waals surface area contributed by atoms with Crippen LogP contribution in [0.3, 0.4) is 0 Å². The number of imidazole rings is 1. The molecule has 30 heavy (non-hydrogen) atoms. The van der Waals surface area contributed by atoms with Crippen LogP contribution in [0.15, 0.2) is 67.3 Å². The van der Waals surface area contributed by atoms with Gasteiger partial charge in [-0.1, -0.05) is 36.4 Å². The van der Waals surface area contributed by atoms with Crippen molar-refractivity contribution in [3.8, 4) is 5.69 Å². The molecule has 4 rings (SSSR count). The third-order valence-electron chi connectivity index (χ3n) is 5.67. The van der Waals surface area contributed by atoms with Crippen molar-refractivity contribution >= 4 is 0 Å². The Kier molecular flexibility index (Phi) is 7.24. The molecule has 1 aromatic heterocycles. The van der Waals surface area contributed by atoms with Gasteiger partial charge < -0.3 is 14.8 Å². The van der Waals surface area contributed by atoms with Gasteiger partial charge >= 0.3 is 0 Å². The van der Waals surface area contributed by atoms with Crippen LogP contribution in [0.2, 0.25) is 0 Å². The quantitative estimate of drug-likeness (QED) is 0.552. The van der Waals surface area contributed by atoms with Gasteiger partial charge in [-0.2, -0.15) is 0 Å². The smallest absolute Gasteiger partial charge is 0.147 e. The zero-order valence-corrected chi connectivity index (χ0v) is 17.4. The van der Waals surface area contributed by atoms with Crippen LogP contribution in [-0.4, -0.2) is 58.6 Å². The Bertz CT molecular complexity index is 889. The molecule has 0 unspecified atom stereocenters. The van der Waals surface area contributed by atoms with Crippen molar-refractivity contribution in [2.45, 2.75) is 19.5 Å².